The van der Waals surface area contributed by atoms with E-state index in [9.17, 15) is 19.1 Å². The first kappa shape index (κ1) is 31.2. The van der Waals surface area contributed by atoms with Crippen molar-refractivity contribution in [3.8, 4) is 17.2 Å². The molecule has 0 aliphatic rings. The molecule has 0 saturated heterocycles. The number of hydrogen-bond donors (Lipinski definition) is 2. The van der Waals surface area contributed by atoms with Crippen molar-refractivity contribution in [2.24, 2.45) is 0 Å². The third-order valence-electron chi connectivity index (χ3n) is 6.16. The fourth-order valence-electron chi connectivity index (χ4n) is 4.01. The van der Waals surface area contributed by atoms with Crippen LogP contribution in [-0.4, -0.2) is 68.1 Å². The molecule has 1 atom stereocenters. The van der Waals surface area contributed by atoms with Crippen LogP contribution in [0.15, 0.2) is 72.8 Å². The molecule has 0 heterocycles. The maximum Gasteiger partial charge on any atom is 0.333 e. The first-order chi connectivity index (χ1) is 19.9. The van der Waals surface area contributed by atoms with Crippen LogP contribution in [-0.2, 0) is 16.0 Å². The minimum Gasteiger partial charge on any atom is -0.495 e. The van der Waals surface area contributed by atoms with Gasteiger partial charge >= 0.3 is 12.0 Å². The number of nitrogens with zero attached hydrogens (tertiary/aromatic N) is 1. The number of benzene rings is 3. The third-order valence-corrected chi connectivity index (χ3v) is 6.16. The number of hydrogen-bond acceptors (Lipinski definition) is 6. The van der Waals surface area contributed by atoms with E-state index in [4.69, 9.17) is 18.9 Å². The second-order valence-corrected chi connectivity index (χ2v) is 9.11. The van der Waals surface area contributed by atoms with Crippen LogP contribution in [0.4, 0.5) is 14.9 Å². The Labute approximate surface area is 239 Å². The first-order valence-electron chi connectivity index (χ1n) is 13.5. The predicted molar refractivity (Wildman–Crippen MR) is 153 cm³/mol. The van der Waals surface area contributed by atoms with Gasteiger partial charge in [-0.25, -0.2) is 14.0 Å². The van der Waals surface area contributed by atoms with Gasteiger partial charge in [-0.1, -0.05) is 24.3 Å². The van der Waals surface area contributed by atoms with E-state index in [1.165, 1.54) is 12.1 Å². The van der Waals surface area contributed by atoms with Gasteiger partial charge in [0.2, 0.25) is 0 Å². The Bertz CT molecular complexity index is 1220. The molecule has 2 N–H and O–H groups in total. The summed E-state index contributed by atoms with van der Waals surface area (Å²) in [5.74, 6) is 0.434. The summed E-state index contributed by atoms with van der Waals surface area (Å²) in [4.78, 5) is 26.2. The number of methoxy groups -OCH3 is 1. The van der Waals surface area contributed by atoms with Crippen molar-refractivity contribution >= 4 is 17.7 Å². The standard InChI is InChI=1S/C31H37FN2O7/c1-3-39-29(30(35)36)22-23-10-14-25(15-11-23)41-21-19-34(31(37)33-27-8-4-5-9-28(27)38-2)18-6-7-20-40-26-16-12-24(32)13-17-26/h4-5,8-17,29H,3,6-7,18-22H2,1-2H3,(H,33,37)(H,35,36). The summed E-state index contributed by atoms with van der Waals surface area (Å²) in [7, 11) is 1.54. The molecule has 0 spiro atoms. The Morgan fingerprint density at radius 3 is 2.22 bits per heavy atom. The Morgan fingerprint density at radius 2 is 1.56 bits per heavy atom. The fraction of sp³-hybridized carbons (Fsp3) is 0.355. The van der Waals surface area contributed by atoms with Crippen molar-refractivity contribution in [2.75, 3.05) is 45.3 Å². The van der Waals surface area contributed by atoms with Gasteiger partial charge in [0, 0.05) is 19.6 Å². The van der Waals surface area contributed by atoms with Gasteiger partial charge < -0.3 is 34.3 Å². The molecule has 1 unspecified atom stereocenters. The number of urea groups is 1. The van der Waals surface area contributed by atoms with E-state index in [2.05, 4.69) is 5.32 Å². The Kier molecular flexibility index (Phi) is 12.7. The lowest BCUT2D eigenvalue weighted by atomic mass is 10.1. The average molecular weight is 569 g/mol. The van der Waals surface area contributed by atoms with Crippen molar-refractivity contribution in [3.63, 3.8) is 0 Å². The van der Waals surface area contributed by atoms with Gasteiger partial charge in [-0.15, -0.1) is 0 Å². The van der Waals surface area contributed by atoms with Crippen molar-refractivity contribution in [1.29, 1.82) is 0 Å². The summed E-state index contributed by atoms with van der Waals surface area (Å²) in [5, 5.41) is 12.2. The largest absolute Gasteiger partial charge is 0.495 e. The molecule has 41 heavy (non-hydrogen) atoms. The van der Waals surface area contributed by atoms with E-state index < -0.39 is 12.1 Å². The molecule has 0 aromatic heterocycles. The molecule has 0 aliphatic heterocycles. The summed E-state index contributed by atoms with van der Waals surface area (Å²) >= 11 is 0. The number of rotatable bonds is 17. The number of carboxylic acid groups (broad SMARTS) is 1. The highest BCUT2D eigenvalue weighted by atomic mass is 19.1. The van der Waals surface area contributed by atoms with Crippen molar-refractivity contribution in [1.82, 2.24) is 4.90 Å². The number of aliphatic carboxylic acids is 1. The van der Waals surface area contributed by atoms with E-state index >= 15 is 0 Å². The quantitative estimate of drug-likeness (QED) is 0.203. The lowest BCUT2D eigenvalue weighted by molar-refractivity contribution is -0.149. The van der Waals surface area contributed by atoms with Crippen LogP contribution < -0.4 is 19.5 Å². The number of ether oxygens (including phenoxy) is 4. The van der Waals surface area contributed by atoms with Crippen molar-refractivity contribution in [3.05, 3.63) is 84.2 Å². The number of unbranched alkanes of at least 4 members (excludes halogenated alkanes) is 1. The topological polar surface area (TPSA) is 107 Å². The fourth-order valence-corrected chi connectivity index (χ4v) is 4.01. The monoisotopic (exact) mass is 568 g/mol. The molecule has 3 rings (SSSR count). The summed E-state index contributed by atoms with van der Waals surface area (Å²) < 4.78 is 35.3. The maximum atomic E-state index is 13.2. The van der Waals surface area contributed by atoms with Crippen LogP contribution in [0.2, 0.25) is 0 Å². The predicted octanol–water partition coefficient (Wildman–Crippen LogP) is 5.64. The minimum absolute atomic E-state index is 0.251. The van der Waals surface area contributed by atoms with E-state index in [1.54, 1.807) is 67.5 Å². The zero-order chi connectivity index (χ0) is 29.5. The van der Waals surface area contributed by atoms with Gasteiger partial charge in [-0.3, -0.25) is 0 Å². The Morgan fingerprint density at radius 1 is 0.902 bits per heavy atom. The number of para-hydroxylation sites is 2. The molecule has 0 saturated carbocycles. The summed E-state index contributed by atoms with van der Waals surface area (Å²) in [6.45, 7) is 3.55. The van der Waals surface area contributed by atoms with Crippen LogP contribution in [0.5, 0.6) is 17.2 Å². The molecule has 3 aromatic rings. The molecule has 220 valence electrons. The van der Waals surface area contributed by atoms with Gasteiger partial charge in [0.05, 0.1) is 25.9 Å². The van der Waals surface area contributed by atoms with Gasteiger partial charge in [0.25, 0.3) is 0 Å². The normalized spacial score (nSPS) is 11.4. The molecular weight excluding hydrogens is 531 g/mol. The second kappa shape index (κ2) is 16.7. The SMILES string of the molecule is CCOC(Cc1ccc(OCCN(CCCCOc2ccc(F)cc2)C(=O)Nc2ccccc2OC)cc1)C(=O)O. The lowest BCUT2D eigenvalue weighted by Crippen LogP contribution is -2.38. The number of amides is 2. The zero-order valence-electron chi connectivity index (χ0n) is 23.4. The Hall–Kier alpha value is -4.31. The van der Waals surface area contributed by atoms with Crippen molar-refractivity contribution < 1.29 is 38.0 Å². The number of carbonyl (C=O) groups is 2. The van der Waals surface area contributed by atoms with Gasteiger partial charge in [0.15, 0.2) is 6.10 Å². The molecule has 2 amide bonds. The van der Waals surface area contributed by atoms with E-state index in [0.717, 1.165) is 5.56 Å². The van der Waals surface area contributed by atoms with Crippen molar-refractivity contribution in [2.45, 2.75) is 32.3 Å². The molecule has 0 fully saturated rings. The summed E-state index contributed by atoms with van der Waals surface area (Å²) in [5.41, 5.74) is 1.38. The zero-order valence-corrected chi connectivity index (χ0v) is 23.4. The molecular formula is C31H37FN2O7. The second-order valence-electron chi connectivity index (χ2n) is 9.11. The van der Waals surface area contributed by atoms with Gasteiger partial charge in [-0.05, 0) is 73.9 Å². The number of nitrogens with one attached hydrogen (secondary N) is 1. The number of anilines is 1. The molecule has 0 bridgehead atoms. The van der Waals surface area contributed by atoms with E-state index in [0.29, 0.717) is 62.1 Å². The molecule has 10 heteroatoms. The summed E-state index contributed by atoms with van der Waals surface area (Å²) in [6, 6.07) is 19.9. The van der Waals surface area contributed by atoms with Crippen LogP contribution in [0.1, 0.15) is 25.3 Å². The average Bonchev–Trinajstić information content (AvgIpc) is 2.97. The molecule has 0 radical (unpaired) electrons. The number of halogens is 1. The third kappa shape index (κ3) is 10.6. The molecule has 9 nitrogen and oxygen atoms in total. The smallest absolute Gasteiger partial charge is 0.333 e. The molecule has 0 aliphatic carbocycles. The highest BCUT2D eigenvalue weighted by Crippen LogP contribution is 2.23. The van der Waals surface area contributed by atoms with E-state index in [-0.39, 0.29) is 24.9 Å². The number of carboxylic acids is 1. The van der Waals surface area contributed by atoms with Gasteiger partial charge in [-0.2, -0.15) is 0 Å². The number of carbonyl (C=O) groups excluding carboxylic acids is 1. The first-order valence-corrected chi connectivity index (χ1v) is 13.5. The maximum absolute atomic E-state index is 13.2. The van der Waals surface area contributed by atoms with Crippen LogP contribution >= 0.6 is 0 Å². The van der Waals surface area contributed by atoms with Crippen LogP contribution in [0, 0.1) is 5.82 Å². The summed E-state index contributed by atoms with van der Waals surface area (Å²) in [6.07, 6.45) is 0.727. The van der Waals surface area contributed by atoms with Crippen LogP contribution in [0.3, 0.4) is 0 Å². The van der Waals surface area contributed by atoms with E-state index in [1.807, 2.05) is 12.1 Å². The highest BCUT2D eigenvalue weighted by Gasteiger charge is 2.18. The molecule has 3 aromatic carbocycles. The minimum atomic E-state index is -0.999. The van der Waals surface area contributed by atoms with Gasteiger partial charge in [0.1, 0.15) is 29.7 Å². The highest BCUT2D eigenvalue weighted by molar-refractivity contribution is 5.91. The lowest BCUT2D eigenvalue weighted by Gasteiger charge is -2.24. The van der Waals surface area contributed by atoms with Crippen LogP contribution in [0.25, 0.3) is 0 Å². The Balaban J connectivity index is 1.54.